The Bertz CT molecular complexity index is 152. The maximum atomic E-state index is 9.49. The summed E-state index contributed by atoms with van der Waals surface area (Å²) >= 11 is 0. The highest BCUT2D eigenvalue weighted by atomic mass is 16.5. The lowest BCUT2D eigenvalue weighted by Crippen LogP contribution is -2.46. The van der Waals surface area contributed by atoms with Gasteiger partial charge in [-0.15, -0.1) is 6.58 Å². The van der Waals surface area contributed by atoms with E-state index in [1.54, 1.807) is 6.08 Å². The van der Waals surface area contributed by atoms with E-state index in [1.807, 2.05) is 13.8 Å². The van der Waals surface area contributed by atoms with Crippen molar-refractivity contribution in [3.63, 3.8) is 0 Å². The van der Waals surface area contributed by atoms with E-state index in [4.69, 9.17) is 4.74 Å². The first-order valence-corrected chi connectivity index (χ1v) is 4.04. The van der Waals surface area contributed by atoms with Crippen LogP contribution in [0.4, 0.5) is 0 Å². The van der Waals surface area contributed by atoms with E-state index < -0.39 is 5.60 Å². The highest BCUT2D eigenvalue weighted by Gasteiger charge is 2.35. The van der Waals surface area contributed by atoms with Gasteiger partial charge in [-0.1, -0.05) is 6.08 Å². The topological polar surface area (TPSA) is 29.5 Å². The van der Waals surface area contributed by atoms with Gasteiger partial charge in [-0.3, -0.25) is 0 Å². The minimum absolute atomic E-state index is 0.119. The fraction of sp³-hybridized carbons (Fsp3) is 0.778. The number of aliphatic hydroxyl groups excluding tert-OH is 1. The predicted molar refractivity (Wildman–Crippen MR) is 44.4 cm³/mol. The van der Waals surface area contributed by atoms with Crippen molar-refractivity contribution in [1.82, 2.24) is 0 Å². The summed E-state index contributed by atoms with van der Waals surface area (Å²) in [5.41, 5.74) is -0.406. The second kappa shape index (κ2) is 2.95. The van der Waals surface area contributed by atoms with Gasteiger partial charge in [-0.05, 0) is 26.7 Å². The molecule has 0 amide bonds. The van der Waals surface area contributed by atoms with Crippen LogP contribution in [0.25, 0.3) is 0 Å². The zero-order chi connectivity index (χ0) is 8.48. The van der Waals surface area contributed by atoms with Crippen LogP contribution >= 0.6 is 0 Å². The summed E-state index contributed by atoms with van der Waals surface area (Å²) < 4.78 is 5.57. The third-order valence-electron chi connectivity index (χ3n) is 2.25. The molecule has 0 saturated carbocycles. The third-order valence-corrected chi connectivity index (χ3v) is 2.25. The fourth-order valence-electron chi connectivity index (χ4n) is 1.36. The van der Waals surface area contributed by atoms with Crippen molar-refractivity contribution in [2.24, 2.45) is 0 Å². The number of rotatable bonds is 1. The molecular formula is C9H16O2. The van der Waals surface area contributed by atoms with Gasteiger partial charge < -0.3 is 9.84 Å². The molecule has 11 heavy (non-hydrogen) atoms. The molecule has 1 aliphatic rings. The van der Waals surface area contributed by atoms with E-state index >= 15 is 0 Å². The SMILES string of the molecule is C=CC1CCC(O)C(C)(C)O1. The summed E-state index contributed by atoms with van der Waals surface area (Å²) in [5.74, 6) is 0. The minimum Gasteiger partial charge on any atom is -0.390 e. The molecule has 0 aromatic carbocycles. The molecule has 64 valence electrons. The van der Waals surface area contributed by atoms with Gasteiger partial charge >= 0.3 is 0 Å². The van der Waals surface area contributed by atoms with Gasteiger partial charge in [0.15, 0.2) is 0 Å². The lowest BCUT2D eigenvalue weighted by molar-refractivity contribution is -0.156. The van der Waals surface area contributed by atoms with Crippen LogP contribution in [0.3, 0.4) is 0 Å². The van der Waals surface area contributed by atoms with Crippen molar-refractivity contribution in [2.75, 3.05) is 0 Å². The molecule has 1 fully saturated rings. The summed E-state index contributed by atoms with van der Waals surface area (Å²) in [6.07, 6.45) is 3.28. The smallest absolute Gasteiger partial charge is 0.0892 e. The third kappa shape index (κ3) is 1.82. The van der Waals surface area contributed by atoms with Crippen LogP contribution in [0.1, 0.15) is 26.7 Å². The van der Waals surface area contributed by atoms with Gasteiger partial charge in [-0.2, -0.15) is 0 Å². The fourth-order valence-corrected chi connectivity index (χ4v) is 1.36. The van der Waals surface area contributed by atoms with E-state index in [9.17, 15) is 5.11 Å². The van der Waals surface area contributed by atoms with Crippen LogP contribution in [-0.4, -0.2) is 22.9 Å². The van der Waals surface area contributed by atoms with Gasteiger partial charge in [-0.25, -0.2) is 0 Å². The molecule has 1 N–H and O–H groups in total. The molecule has 1 rings (SSSR count). The highest BCUT2D eigenvalue weighted by Crippen LogP contribution is 2.28. The molecule has 2 nitrogen and oxygen atoms in total. The first kappa shape index (κ1) is 8.75. The normalized spacial score (nSPS) is 36.6. The van der Waals surface area contributed by atoms with Gasteiger partial charge in [0, 0.05) is 0 Å². The first-order chi connectivity index (χ1) is 5.06. The van der Waals surface area contributed by atoms with Crippen molar-refractivity contribution >= 4 is 0 Å². The van der Waals surface area contributed by atoms with Crippen molar-refractivity contribution in [3.8, 4) is 0 Å². The molecule has 2 atom stereocenters. The average Bonchev–Trinajstić information content (AvgIpc) is 1.95. The Labute approximate surface area is 67.9 Å². The van der Waals surface area contributed by atoms with Gasteiger partial charge in [0.1, 0.15) is 0 Å². The van der Waals surface area contributed by atoms with E-state index in [-0.39, 0.29) is 12.2 Å². The van der Waals surface area contributed by atoms with E-state index in [0.29, 0.717) is 0 Å². The molecule has 0 bridgehead atoms. The molecule has 0 aliphatic carbocycles. The molecule has 0 aromatic heterocycles. The zero-order valence-corrected chi connectivity index (χ0v) is 7.21. The maximum absolute atomic E-state index is 9.49. The van der Waals surface area contributed by atoms with Crippen molar-refractivity contribution in [3.05, 3.63) is 12.7 Å². The number of hydrogen-bond acceptors (Lipinski definition) is 2. The molecule has 1 heterocycles. The Balaban J connectivity index is 2.58. The van der Waals surface area contributed by atoms with Crippen LogP contribution in [-0.2, 0) is 4.74 Å². The molecule has 0 aromatic rings. The van der Waals surface area contributed by atoms with E-state index in [1.165, 1.54) is 0 Å². The second-order valence-electron chi connectivity index (χ2n) is 3.59. The minimum atomic E-state index is -0.406. The summed E-state index contributed by atoms with van der Waals surface area (Å²) in [4.78, 5) is 0. The van der Waals surface area contributed by atoms with Crippen LogP contribution in [0.5, 0.6) is 0 Å². The largest absolute Gasteiger partial charge is 0.390 e. The van der Waals surface area contributed by atoms with Crippen LogP contribution in [0, 0.1) is 0 Å². The average molecular weight is 156 g/mol. The Morgan fingerprint density at radius 3 is 2.64 bits per heavy atom. The summed E-state index contributed by atoms with van der Waals surface area (Å²) in [5, 5.41) is 9.49. The van der Waals surface area contributed by atoms with Gasteiger partial charge in [0.2, 0.25) is 0 Å². The first-order valence-electron chi connectivity index (χ1n) is 4.04. The molecule has 1 aliphatic heterocycles. The Morgan fingerprint density at radius 2 is 2.18 bits per heavy atom. The van der Waals surface area contributed by atoms with Crippen molar-refractivity contribution in [1.29, 1.82) is 0 Å². The number of aliphatic hydroxyl groups is 1. The summed E-state index contributed by atoms with van der Waals surface area (Å²) in [7, 11) is 0. The predicted octanol–water partition coefficient (Wildman–Crippen LogP) is 1.49. The molecule has 0 radical (unpaired) electrons. The van der Waals surface area contributed by atoms with Gasteiger partial charge in [0.05, 0.1) is 17.8 Å². The van der Waals surface area contributed by atoms with E-state index in [0.717, 1.165) is 12.8 Å². The molecule has 1 saturated heterocycles. The lowest BCUT2D eigenvalue weighted by Gasteiger charge is -2.38. The van der Waals surface area contributed by atoms with Crippen LogP contribution in [0.15, 0.2) is 12.7 Å². The standard InChI is InChI=1S/C9H16O2/c1-4-7-5-6-8(10)9(2,3)11-7/h4,7-8,10H,1,5-6H2,2-3H3. The number of ether oxygens (including phenoxy) is 1. The molecule has 0 spiro atoms. The maximum Gasteiger partial charge on any atom is 0.0892 e. The highest BCUT2D eigenvalue weighted by molar-refractivity contribution is 4.92. The quantitative estimate of drug-likeness (QED) is 0.583. The van der Waals surface area contributed by atoms with Crippen LogP contribution in [0.2, 0.25) is 0 Å². The monoisotopic (exact) mass is 156 g/mol. The Morgan fingerprint density at radius 1 is 1.55 bits per heavy atom. The van der Waals surface area contributed by atoms with Gasteiger partial charge in [0.25, 0.3) is 0 Å². The van der Waals surface area contributed by atoms with Crippen molar-refractivity contribution < 1.29 is 9.84 Å². The van der Waals surface area contributed by atoms with E-state index in [2.05, 4.69) is 6.58 Å². The Hall–Kier alpha value is -0.340. The van der Waals surface area contributed by atoms with Crippen molar-refractivity contribution in [2.45, 2.75) is 44.5 Å². The lowest BCUT2D eigenvalue weighted by atomic mass is 9.92. The van der Waals surface area contributed by atoms with Crippen LogP contribution < -0.4 is 0 Å². The zero-order valence-electron chi connectivity index (χ0n) is 7.21. The summed E-state index contributed by atoms with van der Waals surface area (Å²) in [6.45, 7) is 7.49. The summed E-state index contributed by atoms with van der Waals surface area (Å²) in [6, 6.07) is 0. The molecule has 2 unspecified atom stereocenters. The number of hydrogen-bond donors (Lipinski definition) is 1. The Kier molecular flexibility index (Phi) is 2.35. The molecular weight excluding hydrogens is 140 g/mol. The molecule has 2 heteroatoms. The second-order valence-corrected chi connectivity index (χ2v) is 3.59.